The maximum atomic E-state index is 13.0. The Bertz CT molecular complexity index is 1390. The number of nitrogens with one attached hydrogen (secondary N) is 2. The number of piperazine rings is 1. The lowest BCUT2D eigenvalue weighted by Crippen LogP contribution is -3.13. The summed E-state index contributed by atoms with van der Waals surface area (Å²) in [5.74, 6) is 0.421. The number of hydrogen-bond donors (Lipinski definition) is 2. The zero-order valence-corrected chi connectivity index (χ0v) is 23.7. The van der Waals surface area contributed by atoms with Crippen molar-refractivity contribution < 1.29 is 9.69 Å². The Labute approximate surface area is 237 Å². The summed E-state index contributed by atoms with van der Waals surface area (Å²) in [5.41, 5.74) is 6.28. The molecule has 0 spiro atoms. The van der Waals surface area contributed by atoms with Gasteiger partial charge in [0.1, 0.15) is 6.54 Å². The lowest BCUT2D eigenvalue weighted by molar-refractivity contribution is -0.918. The number of aromatic nitrogens is 3. The van der Waals surface area contributed by atoms with Gasteiger partial charge in [0, 0.05) is 54.1 Å². The smallest absolute Gasteiger partial charge is 0.255 e. The van der Waals surface area contributed by atoms with Crippen LogP contribution in [-0.2, 0) is 6.54 Å². The predicted octanol–water partition coefficient (Wildman–Crippen LogP) is 3.92. The fourth-order valence-corrected chi connectivity index (χ4v) is 5.25. The van der Waals surface area contributed by atoms with Gasteiger partial charge in [-0.2, -0.15) is 0 Å². The Morgan fingerprint density at radius 2 is 1.87 bits per heavy atom. The summed E-state index contributed by atoms with van der Waals surface area (Å²) in [6, 6.07) is 19.5. The first-order chi connectivity index (χ1) is 18.5. The number of amides is 1. The highest BCUT2D eigenvalue weighted by Crippen LogP contribution is 2.33. The summed E-state index contributed by atoms with van der Waals surface area (Å²) < 4.78 is 1.90. The van der Waals surface area contributed by atoms with Crippen LogP contribution in [0.25, 0.3) is 11.3 Å². The molecular formula is C29H31IN7O+. The predicted molar refractivity (Wildman–Crippen MR) is 159 cm³/mol. The first-order valence-corrected chi connectivity index (χ1v) is 13.6. The normalized spacial score (nSPS) is 14.3. The average Bonchev–Trinajstić information content (AvgIpc) is 2.96. The van der Waals surface area contributed by atoms with E-state index in [1.807, 2.05) is 58.6 Å². The van der Waals surface area contributed by atoms with Crippen molar-refractivity contribution >= 4 is 46.1 Å². The molecule has 0 atom stereocenters. The molecule has 1 aliphatic rings. The molecule has 0 radical (unpaired) electrons. The molecule has 2 aromatic carbocycles. The molecule has 2 aromatic heterocycles. The van der Waals surface area contributed by atoms with E-state index in [1.165, 1.54) is 5.56 Å². The highest BCUT2D eigenvalue weighted by Gasteiger charge is 2.18. The topological polar surface area (TPSA) is 78.7 Å². The SMILES string of the molecule is Cc1ccc(NC(=O)c2ccc(C[NH+]3CCN(C)CC3)cc2)cc1N(I)c1nccc(-c2cccnc2)n1. The van der Waals surface area contributed by atoms with E-state index in [4.69, 9.17) is 4.98 Å². The van der Waals surface area contributed by atoms with Crippen LogP contribution in [0.2, 0.25) is 0 Å². The molecule has 38 heavy (non-hydrogen) atoms. The summed E-state index contributed by atoms with van der Waals surface area (Å²) in [4.78, 5) is 30.4. The first kappa shape index (κ1) is 26.2. The number of rotatable bonds is 7. The zero-order valence-electron chi connectivity index (χ0n) is 21.6. The van der Waals surface area contributed by atoms with Crippen molar-refractivity contribution in [2.75, 3.05) is 41.7 Å². The van der Waals surface area contributed by atoms with Gasteiger partial charge in [0.05, 0.1) is 47.3 Å². The number of benzene rings is 2. The molecule has 5 rings (SSSR count). The van der Waals surface area contributed by atoms with E-state index in [9.17, 15) is 4.79 Å². The van der Waals surface area contributed by atoms with E-state index in [2.05, 4.69) is 62.2 Å². The van der Waals surface area contributed by atoms with E-state index in [-0.39, 0.29) is 5.91 Å². The van der Waals surface area contributed by atoms with Crippen LogP contribution in [0.4, 0.5) is 17.3 Å². The van der Waals surface area contributed by atoms with E-state index < -0.39 is 0 Å². The summed E-state index contributed by atoms with van der Waals surface area (Å²) in [5, 5.41) is 3.05. The third-order valence-corrected chi connectivity index (χ3v) is 7.77. The third kappa shape index (κ3) is 6.35. The monoisotopic (exact) mass is 620 g/mol. The molecule has 0 unspecified atom stereocenters. The van der Waals surface area contributed by atoms with Crippen molar-refractivity contribution in [3.8, 4) is 11.3 Å². The van der Waals surface area contributed by atoms with Gasteiger partial charge in [-0.25, -0.2) is 9.97 Å². The maximum Gasteiger partial charge on any atom is 0.255 e. The standard InChI is InChI=1S/C29H30IN7O/c1-21-5-10-25(18-27(21)37(30)29-32-13-11-26(34-29)24-4-3-12-31-19-24)33-28(38)23-8-6-22(7-9-23)20-36-16-14-35(2)15-17-36/h3-13,18-19H,14-17,20H2,1-2H3,(H,33,38)/p+1. The van der Waals surface area contributed by atoms with E-state index in [0.717, 1.165) is 55.2 Å². The van der Waals surface area contributed by atoms with Gasteiger partial charge in [-0.1, -0.05) is 18.2 Å². The van der Waals surface area contributed by atoms with Gasteiger partial charge >= 0.3 is 0 Å². The van der Waals surface area contributed by atoms with Gasteiger partial charge in [0.25, 0.3) is 5.91 Å². The molecule has 1 fully saturated rings. The van der Waals surface area contributed by atoms with E-state index in [0.29, 0.717) is 17.2 Å². The van der Waals surface area contributed by atoms with Crippen LogP contribution < -0.4 is 13.3 Å². The fourth-order valence-electron chi connectivity index (χ4n) is 4.50. The van der Waals surface area contributed by atoms with Crippen LogP contribution in [0, 0.1) is 6.92 Å². The number of likely N-dealkylation sites (N-methyl/N-ethyl adjacent to an activating group) is 1. The Kier molecular flexibility index (Phi) is 8.26. The number of pyridine rings is 1. The molecule has 8 nitrogen and oxygen atoms in total. The fraction of sp³-hybridized carbons (Fsp3) is 0.241. The van der Waals surface area contributed by atoms with Gasteiger partial charge in [0.2, 0.25) is 5.95 Å². The minimum Gasteiger partial charge on any atom is -0.329 e. The van der Waals surface area contributed by atoms with Crippen molar-refractivity contribution in [2.45, 2.75) is 13.5 Å². The number of carbonyl (C=O) groups excluding carboxylic acids is 1. The highest BCUT2D eigenvalue weighted by atomic mass is 127. The molecule has 4 aromatic rings. The Morgan fingerprint density at radius 3 is 2.61 bits per heavy atom. The number of anilines is 3. The average molecular weight is 621 g/mol. The number of hydrogen-bond acceptors (Lipinski definition) is 6. The number of nitrogens with zero attached hydrogens (tertiary/aromatic N) is 5. The summed E-state index contributed by atoms with van der Waals surface area (Å²) in [7, 11) is 2.17. The molecule has 9 heteroatoms. The van der Waals surface area contributed by atoms with Crippen molar-refractivity contribution in [3.63, 3.8) is 0 Å². The molecule has 3 heterocycles. The second-order valence-corrected chi connectivity index (χ2v) is 10.6. The molecule has 0 aliphatic carbocycles. The zero-order chi connectivity index (χ0) is 26.5. The number of quaternary nitrogens is 1. The molecule has 2 N–H and O–H groups in total. The van der Waals surface area contributed by atoms with Crippen LogP contribution >= 0.6 is 22.9 Å². The molecule has 1 aliphatic heterocycles. The number of aryl methyl sites for hydroxylation is 1. The third-order valence-electron chi connectivity index (χ3n) is 6.82. The summed E-state index contributed by atoms with van der Waals surface area (Å²) >= 11 is 2.20. The molecule has 1 amide bonds. The van der Waals surface area contributed by atoms with Crippen LogP contribution in [0.1, 0.15) is 21.5 Å². The largest absolute Gasteiger partial charge is 0.329 e. The second kappa shape index (κ2) is 12.0. The lowest BCUT2D eigenvalue weighted by Gasteiger charge is -2.29. The Hall–Kier alpha value is -3.41. The summed E-state index contributed by atoms with van der Waals surface area (Å²) in [6.07, 6.45) is 5.26. The number of carbonyl (C=O) groups is 1. The van der Waals surface area contributed by atoms with Crippen LogP contribution in [0.5, 0.6) is 0 Å². The van der Waals surface area contributed by atoms with Crippen molar-refractivity contribution in [1.82, 2.24) is 19.9 Å². The van der Waals surface area contributed by atoms with Gasteiger partial charge in [-0.3, -0.25) is 17.8 Å². The first-order valence-electron chi connectivity index (χ1n) is 12.7. The number of halogens is 1. The Morgan fingerprint density at radius 1 is 1.08 bits per heavy atom. The van der Waals surface area contributed by atoms with Crippen LogP contribution in [0.15, 0.2) is 79.3 Å². The van der Waals surface area contributed by atoms with Crippen LogP contribution in [-0.4, -0.2) is 59.0 Å². The second-order valence-electron chi connectivity index (χ2n) is 9.65. The minimum atomic E-state index is -0.131. The highest BCUT2D eigenvalue weighted by molar-refractivity contribution is 14.1. The van der Waals surface area contributed by atoms with Crippen molar-refractivity contribution in [2.24, 2.45) is 0 Å². The van der Waals surface area contributed by atoms with E-state index in [1.54, 1.807) is 23.5 Å². The van der Waals surface area contributed by atoms with Gasteiger partial charge in [-0.05, 0) is 62.0 Å². The van der Waals surface area contributed by atoms with Crippen molar-refractivity contribution in [3.05, 3.63) is 95.9 Å². The van der Waals surface area contributed by atoms with Crippen molar-refractivity contribution in [1.29, 1.82) is 0 Å². The molecule has 1 saturated heterocycles. The summed E-state index contributed by atoms with van der Waals surface area (Å²) in [6.45, 7) is 7.59. The molecule has 194 valence electrons. The maximum absolute atomic E-state index is 13.0. The van der Waals surface area contributed by atoms with Crippen LogP contribution in [0.3, 0.4) is 0 Å². The molecule has 0 bridgehead atoms. The van der Waals surface area contributed by atoms with Gasteiger partial charge in [0.15, 0.2) is 0 Å². The quantitative estimate of drug-likeness (QED) is 0.241. The minimum absolute atomic E-state index is 0.131. The van der Waals surface area contributed by atoms with Gasteiger partial charge < -0.3 is 10.2 Å². The van der Waals surface area contributed by atoms with Gasteiger partial charge in [-0.15, -0.1) is 0 Å². The Balaban J connectivity index is 1.27. The molecule has 0 saturated carbocycles. The van der Waals surface area contributed by atoms with E-state index >= 15 is 0 Å². The lowest BCUT2D eigenvalue weighted by atomic mass is 10.1. The molecular weight excluding hydrogens is 589 g/mol.